The van der Waals surface area contributed by atoms with Gasteiger partial charge in [-0.15, -0.1) is 0 Å². The number of primary amides is 1. The van der Waals surface area contributed by atoms with E-state index in [0.717, 1.165) is 6.08 Å². The van der Waals surface area contributed by atoms with Crippen LogP contribution in [0.4, 0.5) is 4.79 Å². The lowest BCUT2D eigenvalue weighted by atomic mass is 9.99. The van der Waals surface area contributed by atoms with Gasteiger partial charge >= 0.3 is 6.09 Å². The van der Waals surface area contributed by atoms with Crippen molar-refractivity contribution in [1.82, 2.24) is 10.6 Å². The molecular formula is C7H9N3O4. The van der Waals surface area contributed by atoms with Crippen LogP contribution in [0.3, 0.4) is 0 Å². The molecule has 0 unspecified atom stereocenters. The maximum Gasteiger partial charge on any atom is 0.405 e. The van der Waals surface area contributed by atoms with Gasteiger partial charge in [-0.05, 0) is 0 Å². The van der Waals surface area contributed by atoms with E-state index in [4.69, 9.17) is 10.8 Å². The molecule has 0 aromatic rings. The fourth-order valence-corrected chi connectivity index (χ4v) is 1.05. The van der Waals surface area contributed by atoms with Gasteiger partial charge < -0.3 is 21.5 Å². The van der Waals surface area contributed by atoms with Crippen molar-refractivity contribution in [3.63, 3.8) is 0 Å². The van der Waals surface area contributed by atoms with E-state index in [2.05, 4.69) is 5.32 Å². The number of rotatable bonds is 3. The molecule has 0 bridgehead atoms. The molecule has 1 rings (SSSR count). The number of hydrogen-bond donors (Lipinski definition) is 4. The average molecular weight is 199 g/mol. The fraction of sp³-hybridized carbons (Fsp3) is 0.286. The highest BCUT2D eigenvalue weighted by molar-refractivity contribution is 5.93. The van der Waals surface area contributed by atoms with Crippen LogP contribution >= 0.6 is 0 Å². The second-order valence-electron chi connectivity index (χ2n) is 2.72. The lowest BCUT2D eigenvalue weighted by molar-refractivity contribution is -0.130. The van der Waals surface area contributed by atoms with Crippen LogP contribution in [0, 0.1) is 0 Å². The van der Waals surface area contributed by atoms with Crippen LogP contribution in [-0.4, -0.2) is 35.1 Å². The predicted octanol–water partition coefficient (Wildman–Crippen LogP) is -1.84. The summed E-state index contributed by atoms with van der Waals surface area (Å²) in [4.78, 5) is 31.4. The highest BCUT2D eigenvalue weighted by Crippen LogP contribution is 2.07. The summed E-state index contributed by atoms with van der Waals surface area (Å²) in [7, 11) is 0. The van der Waals surface area contributed by atoms with E-state index in [-0.39, 0.29) is 0 Å². The van der Waals surface area contributed by atoms with Crippen LogP contribution in [-0.2, 0) is 9.59 Å². The number of nitrogens with two attached hydrogens (primary N) is 1. The molecule has 0 spiro atoms. The molecular weight excluding hydrogens is 190 g/mol. The molecule has 7 heteroatoms. The fourth-order valence-electron chi connectivity index (χ4n) is 1.05. The Bertz CT molecular complexity index is 312. The molecule has 0 aromatic heterocycles. The maximum absolute atomic E-state index is 10.8. The Kier molecular flexibility index (Phi) is 2.70. The normalized spacial score (nSPS) is 25.3. The third-order valence-electron chi connectivity index (χ3n) is 1.70. The molecule has 1 aliphatic rings. The van der Waals surface area contributed by atoms with Gasteiger partial charge in [0.25, 0.3) is 0 Å². The molecule has 76 valence electrons. The smallest absolute Gasteiger partial charge is 0.405 e. The quantitative estimate of drug-likeness (QED) is 0.315. The average Bonchev–Trinajstić information content (AvgIpc) is 2.07. The Morgan fingerprint density at radius 2 is 2.21 bits per heavy atom. The van der Waals surface area contributed by atoms with Gasteiger partial charge in [0.15, 0.2) is 0 Å². The molecule has 1 fully saturated rings. The summed E-state index contributed by atoms with van der Waals surface area (Å²) < 4.78 is 0. The Hall–Kier alpha value is -2.05. The zero-order valence-corrected chi connectivity index (χ0v) is 7.06. The van der Waals surface area contributed by atoms with Crippen LogP contribution in [0.2, 0.25) is 0 Å². The van der Waals surface area contributed by atoms with Crippen molar-refractivity contribution in [3.05, 3.63) is 12.2 Å². The summed E-state index contributed by atoms with van der Waals surface area (Å²) in [6.07, 6.45) is 1.12. The van der Waals surface area contributed by atoms with Gasteiger partial charge in [0.2, 0.25) is 11.8 Å². The summed E-state index contributed by atoms with van der Waals surface area (Å²) in [5.41, 5.74) is 4.83. The summed E-state index contributed by atoms with van der Waals surface area (Å²) in [5, 5.41) is 12.8. The summed E-state index contributed by atoms with van der Waals surface area (Å²) in [5.74, 6) is -1.08. The van der Waals surface area contributed by atoms with E-state index in [0.29, 0.717) is 0 Å². The first-order valence-electron chi connectivity index (χ1n) is 3.78. The number of hydrogen-bond acceptors (Lipinski definition) is 3. The van der Waals surface area contributed by atoms with Gasteiger partial charge in [-0.25, -0.2) is 4.79 Å². The largest absolute Gasteiger partial charge is 0.465 e. The Balaban J connectivity index is 2.52. The summed E-state index contributed by atoms with van der Waals surface area (Å²) >= 11 is 0. The van der Waals surface area contributed by atoms with E-state index in [9.17, 15) is 14.4 Å². The first-order chi connectivity index (χ1) is 6.50. The molecule has 14 heavy (non-hydrogen) atoms. The zero-order valence-electron chi connectivity index (χ0n) is 7.06. The SMILES string of the molecule is NC(=O)/C=C/[C@@H]1NC(=O)[C@@H]1NC(=O)O. The van der Waals surface area contributed by atoms with Crippen molar-refractivity contribution < 1.29 is 19.5 Å². The van der Waals surface area contributed by atoms with E-state index in [1.807, 2.05) is 5.32 Å². The second-order valence-corrected chi connectivity index (χ2v) is 2.72. The lowest BCUT2D eigenvalue weighted by Crippen LogP contribution is -2.68. The molecule has 3 amide bonds. The minimum Gasteiger partial charge on any atom is -0.465 e. The molecule has 2 atom stereocenters. The van der Waals surface area contributed by atoms with E-state index in [1.54, 1.807) is 0 Å². The van der Waals surface area contributed by atoms with E-state index < -0.39 is 30.0 Å². The van der Waals surface area contributed by atoms with Crippen LogP contribution in [0.1, 0.15) is 0 Å². The molecule has 0 saturated carbocycles. The third-order valence-corrected chi connectivity index (χ3v) is 1.70. The monoisotopic (exact) mass is 199 g/mol. The minimum absolute atomic E-state index is 0.425. The van der Waals surface area contributed by atoms with Crippen molar-refractivity contribution in [2.24, 2.45) is 5.73 Å². The highest BCUT2D eigenvalue weighted by atomic mass is 16.4. The predicted molar refractivity (Wildman–Crippen MR) is 45.2 cm³/mol. The molecule has 1 saturated heterocycles. The standard InChI is InChI=1S/C7H9N3O4/c8-4(11)2-1-3-5(6(12)9-3)10-7(13)14/h1-3,5,10H,(H2,8,11)(H,9,12)(H,13,14)/b2-1+/t3-,5+/m0/s1. The van der Waals surface area contributed by atoms with Gasteiger partial charge in [0, 0.05) is 6.08 Å². The maximum atomic E-state index is 10.8. The van der Waals surface area contributed by atoms with Crippen LogP contribution < -0.4 is 16.4 Å². The number of carboxylic acid groups (broad SMARTS) is 1. The Morgan fingerprint density at radius 1 is 1.57 bits per heavy atom. The van der Waals surface area contributed by atoms with Crippen molar-refractivity contribution in [2.45, 2.75) is 12.1 Å². The van der Waals surface area contributed by atoms with Crippen LogP contribution in [0.15, 0.2) is 12.2 Å². The van der Waals surface area contributed by atoms with Crippen molar-refractivity contribution in [2.75, 3.05) is 0 Å². The zero-order chi connectivity index (χ0) is 10.7. The molecule has 5 N–H and O–H groups in total. The van der Waals surface area contributed by atoms with Gasteiger partial charge in [-0.2, -0.15) is 0 Å². The molecule has 0 radical (unpaired) electrons. The van der Waals surface area contributed by atoms with Crippen LogP contribution in [0.5, 0.6) is 0 Å². The third kappa shape index (κ3) is 2.22. The van der Waals surface area contributed by atoms with E-state index >= 15 is 0 Å². The molecule has 0 aromatic carbocycles. The Morgan fingerprint density at radius 3 is 2.64 bits per heavy atom. The number of carbonyl (C=O) groups excluding carboxylic acids is 2. The summed E-state index contributed by atoms with van der Waals surface area (Å²) in [6, 6.07) is -1.35. The van der Waals surface area contributed by atoms with Gasteiger partial charge in [0.1, 0.15) is 6.04 Å². The molecule has 7 nitrogen and oxygen atoms in total. The van der Waals surface area contributed by atoms with Gasteiger partial charge in [0.05, 0.1) is 6.04 Å². The van der Waals surface area contributed by atoms with Crippen molar-refractivity contribution >= 4 is 17.9 Å². The number of amides is 3. The number of nitrogens with one attached hydrogen (secondary N) is 2. The van der Waals surface area contributed by atoms with Crippen LogP contribution in [0.25, 0.3) is 0 Å². The minimum atomic E-state index is -1.29. The topological polar surface area (TPSA) is 122 Å². The Labute approximate surface area is 79.0 Å². The molecule has 0 aliphatic carbocycles. The van der Waals surface area contributed by atoms with E-state index in [1.165, 1.54) is 6.08 Å². The highest BCUT2D eigenvalue weighted by Gasteiger charge is 2.38. The first kappa shape index (κ1) is 10.0. The van der Waals surface area contributed by atoms with Gasteiger partial charge in [-0.1, -0.05) is 6.08 Å². The first-order valence-corrected chi connectivity index (χ1v) is 3.78. The van der Waals surface area contributed by atoms with Crippen molar-refractivity contribution in [3.8, 4) is 0 Å². The summed E-state index contributed by atoms with van der Waals surface area (Å²) in [6.45, 7) is 0. The molecule has 1 heterocycles. The van der Waals surface area contributed by atoms with Crippen molar-refractivity contribution in [1.29, 1.82) is 0 Å². The number of β-lactam (4-membered cyclic amide) rings is 1. The van der Waals surface area contributed by atoms with Gasteiger partial charge in [-0.3, -0.25) is 9.59 Å². The lowest BCUT2D eigenvalue weighted by Gasteiger charge is -2.34. The number of carbonyl (C=O) groups is 3. The molecule has 1 aliphatic heterocycles. The second kappa shape index (κ2) is 3.77.